The first-order valence-electron chi connectivity index (χ1n) is 5.93. The molecule has 3 rings (SSSR count). The average molecular weight is 260 g/mol. The molecule has 3 heterocycles. The molecule has 0 aliphatic heterocycles. The summed E-state index contributed by atoms with van der Waals surface area (Å²) in [5.74, 6) is 0.480. The van der Waals surface area contributed by atoms with E-state index in [0.717, 1.165) is 6.42 Å². The monoisotopic (exact) mass is 260 g/mol. The van der Waals surface area contributed by atoms with Crippen molar-refractivity contribution in [2.45, 2.75) is 19.9 Å². The van der Waals surface area contributed by atoms with Crippen molar-refractivity contribution in [2.75, 3.05) is 0 Å². The van der Waals surface area contributed by atoms with E-state index in [9.17, 15) is 9.59 Å². The molecule has 98 valence electrons. The Kier molecular flexibility index (Phi) is 2.55. The molecule has 0 unspecified atom stereocenters. The largest absolute Gasteiger partial charge is 0.331 e. The van der Waals surface area contributed by atoms with Gasteiger partial charge in [-0.05, 0) is 12.5 Å². The minimum atomic E-state index is -0.467. The maximum atomic E-state index is 11.8. The second-order valence-electron chi connectivity index (χ2n) is 4.17. The summed E-state index contributed by atoms with van der Waals surface area (Å²) < 4.78 is 1.45. The van der Waals surface area contributed by atoms with Crippen molar-refractivity contribution in [3.63, 3.8) is 0 Å². The summed E-state index contributed by atoms with van der Waals surface area (Å²) in [7, 11) is 0. The van der Waals surface area contributed by atoms with Crippen molar-refractivity contribution in [1.82, 2.24) is 29.7 Å². The predicted molar refractivity (Wildman–Crippen MR) is 68.8 cm³/mol. The molecule has 0 saturated heterocycles. The second kappa shape index (κ2) is 4.23. The summed E-state index contributed by atoms with van der Waals surface area (Å²) in [5.41, 5.74) is 0.400. The highest BCUT2D eigenvalue weighted by atomic mass is 16.2. The van der Waals surface area contributed by atoms with E-state index < -0.39 is 11.2 Å². The molecule has 0 aliphatic rings. The van der Waals surface area contributed by atoms with Crippen molar-refractivity contribution in [2.24, 2.45) is 0 Å². The number of rotatable bonds is 3. The smallest absolute Gasteiger partial charge is 0.330 e. The van der Waals surface area contributed by atoms with Gasteiger partial charge in [0.1, 0.15) is 11.2 Å². The molecule has 0 bridgehead atoms. The fourth-order valence-electron chi connectivity index (χ4n) is 1.99. The minimum Gasteiger partial charge on any atom is -0.331 e. The van der Waals surface area contributed by atoms with Gasteiger partial charge in [0.2, 0.25) is 0 Å². The van der Waals surface area contributed by atoms with Gasteiger partial charge in [0.05, 0.1) is 0 Å². The molecule has 3 aromatic rings. The van der Waals surface area contributed by atoms with Gasteiger partial charge in [0.25, 0.3) is 5.56 Å². The number of hydrogen-bond donors (Lipinski definition) is 3. The van der Waals surface area contributed by atoms with Crippen LogP contribution in [0.15, 0.2) is 21.9 Å². The Labute approximate surface area is 106 Å². The summed E-state index contributed by atoms with van der Waals surface area (Å²) in [6, 6.07) is 1.73. The summed E-state index contributed by atoms with van der Waals surface area (Å²) in [5, 5.41) is 6.58. The van der Waals surface area contributed by atoms with Crippen LogP contribution in [-0.4, -0.2) is 29.7 Å². The van der Waals surface area contributed by atoms with Crippen molar-refractivity contribution in [1.29, 1.82) is 0 Å². The highest BCUT2D eigenvalue weighted by Gasteiger charge is 2.13. The molecule has 0 aliphatic carbocycles. The van der Waals surface area contributed by atoms with Gasteiger partial charge in [-0.1, -0.05) is 6.92 Å². The first kappa shape index (κ1) is 11.5. The van der Waals surface area contributed by atoms with Gasteiger partial charge < -0.3 is 4.98 Å². The topological polar surface area (TPSA) is 112 Å². The van der Waals surface area contributed by atoms with E-state index in [1.165, 1.54) is 4.57 Å². The van der Waals surface area contributed by atoms with Crippen molar-refractivity contribution in [3.05, 3.63) is 33.1 Å². The number of H-pyrrole nitrogens is 3. The quantitative estimate of drug-likeness (QED) is 0.625. The molecule has 3 N–H and O–H groups in total. The Bertz CT molecular complexity index is 823. The van der Waals surface area contributed by atoms with Crippen molar-refractivity contribution < 1.29 is 0 Å². The molecule has 8 heteroatoms. The van der Waals surface area contributed by atoms with Crippen LogP contribution in [0.2, 0.25) is 0 Å². The number of aromatic nitrogens is 6. The zero-order valence-corrected chi connectivity index (χ0v) is 10.2. The molecular weight excluding hydrogens is 248 g/mol. The maximum Gasteiger partial charge on any atom is 0.330 e. The van der Waals surface area contributed by atoms with Crippen molar-refractivity contribution >= 4 is 11.2 Å². The third kappa shape index (κ3) is 1.77. The first-order chi connectivity index (χ1) is 9.20. The van der Waals surface area contributed by atoms with Gasteiger partial charge in [-0.15, -0.1) is 0 Å². The average Bonchev–Trinajstić information content (AvgIpc) is 3.02. The van der Waals surface area contributed by atoms with Gasteiger partial charge in [0, 0.05) is 12.7 Å². The zero-order chi connectivity index (χ0) is 13.4. The van der Waals surface area contributed by atoms with Gasteiger partial charge >= 0.3 is 5.69 Å². The first-order valence-corrected chi connectivity index (χ1v) is 5.93. The molecule has 0 fully saturated rings. The third-order valence-electron chi connectivity index (χ3n) is 2.84. The molecule has 0 atom stereocenters. The Morgan fingerprint density at radius 2 is 2.16 bits per heavy atom. The molecule has 0 radical (unpaired) electrons. The Morgan fingerprint density at radius 3 is 2.84 bits per heavy atom. The van der Waals surface area contributed by atoms with Crippen molar-refractivity contribution in [3.8, 4) is 11.5 Å². The predicted octanol–water partition coefficient (Wildman–Crippen LogP) is 0.213. The fourth-order valence-corrected chi connectivity index (χ4v) is 1.99. The highest BCUT2D eigenvalue weighted by molar-refractivity contribution is 5.74. The Morgan fingerprint density at radius 1 is 1.32 bits per heavy atom. The normalized spacial score (nSPS) is 11.2. The summed E-state index contributed by atoms with van der Waals surface area (Å²) in [6.07, 6.45) is 2.36. The lowest BCUT2D eigenvalue weighted by atomic mass is 10.4. The van der Waals surface area contributed by atoms with Crippen LogP contribution in [-0.2, 0) is 6.54 Å². The number of hydrogen-bond acceptors (Lipinski definition) is 4. The molecule has 19 heavy (non-hydrogen) atoms. The molecule has 8 nitrogen and oxygen atoms in total. The third-order valence-corrected chi connectivity index (χ3v) is 2.84. The molecular formula is C11H12N6O2. The van der Waals surface area contributed by atoms with E-state index in [4.69, 9.17) is 0 Å². The number of aromatic amines is 3. The summed E-state index contributed by atoms with van der Waals surface area (Å²) in [6.45, 7) is 2.45. The zero-order valence-electron chi connectivity index (χ0n) is 10.2. The maximum absolute atomic E-state index is 11.8. The van der Waals surface area contributed by atoms with Crippen LogP contribution in [0, 0.1) is 0 Å². The van der Waals surface area contributed by atoms with Gasteiger partial charge in [-0.25, -0.2) is 9.78 Å². The molecule has 3 aromatic heterocycles. The van der Waals surface area contributed by atoms with E-state index >= 15 is 0 Å². The lowest BCUT2D eigenvalue weighted by Crippen LogP contribution is -2.30. The van der Waals surface area contributed by atoms with Crippen LogP contribution in [0.5, 0.6) is 0 Å². The van der Waals surface area contributed by atoms with E-state index in [1.54, 1.807) is 12.3 Å². The Hall–Kier alpha value is -2.64. The fraction of sp³-hybridized carbons (Fsp3) is 0.273. The highest BCUT2D eigenvalue weighted by Crippen LogP contribution is 2.14. The standard InChI is InChI=1S/C11H12N6O2/c1-2-5-17-9-7(10(18)15-11(17)19)13-8(14-9)6-3-4-12-16-6/h3-4H,2,5H2,1H3,(H,12,16)(H,13,14)(H,15,18,19). The van der Waals surface area contributed by atoms with Gasteiger partial charge in [0.15, 0.2) is 11.5 Å². The Balaban J connectivity index is 2.32. The van der Waals surface area contributed by atoms with E-state index in [0.29, 0.717) is 23.7 Å². The number of aryl methyl sites for hydroxylation is 1. The van der Waals surface area contributed by atoms with Crippen LogP contribution in [0.4, 0.5) is 0 Å². The molecule has 0 aromatic carbocycles. The van der Waals surface area contributed by atoms with E-state index in [1.807, 2.05) is 6.92 Å². The minimum absolute atomic E-state index is 0.289. The lowest BCUT2D eigenvalue weighted by molar-refractivity contribution is 0.653. The van der Waals surface area contributed by atoms with Gasteiger partial charge in [-0.3, -0.25) is 19.4 Å². The van der Waals surface area contributed by atoms with Crippen LogP contribution < -0.4 is 11.2 Å². The molecule has 0 spiro atoms. The molecule has 0 saturated carbocycles. The lowest BCUT2D eigenvalue weighted by Gasteiger charge is -2.02. The number of nitrogens with zero attached hydrogens (tertiary/aromatic N) is 3. The van der Waals surface area contributed by atoms with Crippen LogP contribution in [0.3, 0.4) is 0 Å². The number of imidazole rings is 1. The SMILES string of the molecule is CCCn1c(=O)[nH]c(=O)c2[nH]c(-c3ccn[nH]3)nc21. The molecule has 0 amide bonds. The van der Waals surface area contributed by atoms with Crippen LogP contribution in [0.1, 0.15) is 13.3 Å². The van der Waals surface area contributed by atoms with Gasteiger partial charge in [-0.2, -0.15) is 5.10 Å². The second-order valence-corrected chi connectivity index (χ2v) is 4.17. The summed E-state index contributed by atoms with van der Waals surface area (Å²) >= 11 is 0. The number of fused-ring (bicyclic) bond motifs is 1. The van der Waals surface area contributed by atoms with E-state index in [2.05, 4.69) is 25.1 Å². The van der Waals surface area contributed by atoms with Crippen LogP contribution >= 0.6 is 0 Å². The number of nitrogens with one attached hydrogen (secondary N) is 3. The van der Waals surface area contributed by atoms with E-state index in [-0.39, 0.29) is 5.52 Å². The summed E-state index contributed by atoms with van der Waals surface area (Å²) in [4.78, 5) is 33.0. The van der Waals surface area contributed by atoms with Crippen LogP contribution in [0.25, 0.3) is 22.7 Å².